The van der Waals surface area contributed by atoms with Crippen molar-refractivity contribution in [2.75, 3.05) is 0 Å². The highest BCUT2D eigenvalue weighted by Crippen LogP contribution is 2.23. The molecule has 0 radical (unpaired) electrons. The first kappa shape index (κ1) is 33.0. The highest BCUT2D eigenvalue weighted by atomic mass is 16.3. The average molecular weight is 426 g/mol. The van der Waals surface area contributed by atoms with E-state index in [-0.39, 0.29) is 22.3 Å². The van der Waals surface area contributed by atoms with Gasteiger partial charge in [0, 0.05) is 12.4 Å². The molecule has 2 aromatic carbocycles. The van der Waals surface area contributed by atoms with Crippen molar-refractivity contribution >= 4 is 0 Å². The standard InChI is InChI=1S/C9H12O.C9H12.C8H11N.3CH4/c1-7(2)8-5-3-4-6-9(8)10;1-8(2)9-6-4-3-5-7-9;1-7(2)8-4-3-5-9-6-8;;;/h3-7,10H,1-2H3;3-8H,1-2H3;3-7H,1-2H3;3*1H4. The molecule has 0 bridgehead atoms. The molecule has 0 atom stereocenters. The van der Waals surface area contributed by atoms with Crippen LogP contribution in [0.4, 0.5) is 0 Å². The van der Waals surface area contributed by atoms with Crippen molar-refractivity contribution in [2.24, 2.45) is 0 Å². The molecule has 1 heterocycles. The number of aromatic hydroxyl groups is 1. The highest BCUT2D eigenvalue weighted by Gasteiger charge is 2.02. The van der Waals surface area contributed by atoms with E-state index in [1.165, 1.54) is 11.1 Å². The van der Waals surface area contributed by atoms with Crippen LogP contribution in [0.2, 0.25) is 0 Å². The van der Waals surface area contributed by atoms with Gasteiger partial charge in [-0.1, -0.05) is 118 Å². The Morgan fingerprint density at radius 3 is 1.39 bits per heavy atom. The molecular weight excluding hydrogens is 378 g/mol. The Morgan fingerprint density at radius 2 is 1.06 bits per heavy atom. The van der Waals surface area contributed by atoms with Gasteiger partial charge < -0.3 is 5.11 Å². The van der Waals surface area contributed by atoms with Crippen LogP contribution in [0.25, 0.3) is 0 Å². The zero-order valence-corrected chi connectivity index (χ0v) is 18.1. The number of rotatable bonds is 3. The lowest BCUT2D eigenvalue weighted by Crippen LogP contribution is -1.85. The molecule has 0 aliphatic heterocycles. The van der Waals surface area contributed by atoms with Gasteiger partial charge in [0.25, 0.3) is 0 Å². The summed E-state index contributed by atoms with van der Waals surface area (Å²) in [6, 6.07) is 22.0. The third-order valence-electron chi connectivity index (χ3n) is 4.38. The fraction of sp³-hybridized carbons (Fsp3) is 0.414. The smallest absolute Gasteiger partial charge is 0.119 e. The first-order valence-electron chi connectivity index (χ1n) is 10.1. The van der Waals surface area contributed by atoms with Crippen LogP contribution in [-0.2, 0) is 0 Å². The SMILES string of the molecule is C.C.C.CC(C)c1ccccc1.CC(C)c1ccccc1O.CC(C)c1cccnc1. The summed E-state index contributed by atoms with van der Waals surface area (Å²) in [5, 5.41) is 9.28. The van der Waals surface area contributed by atoms with E-state index >= 15 is 0 Å². The van der Waals surface area contributed by atoms with Gasteiger partial charge in [-0.05, 0) is 46.6 Å². The Labute approximate surface area is 193 Å². The van der Waals surface area contributed by atoms with Crippen LogP contribution < -0.4 is 0 Å². The molecule has 0 saturated heterocycles. The minimum absolute atomic E-state index is 0. The van der Waals surface area contributed by atoms with E-state index in [1.54, 1.807) is 12.3 Å². The molecule has 174 valence electrons. The number of benzene rings is 2. The van der Waals surface area contributed by atoms with Crippen molar-refractivity contribution in [3.8, 4) is 5.75 Å². The minimum Gasteiger partial charge on any atom is -0.508 e. The van der Waals surface area contributed by atoms with Gasteiger partial charge in [0.1, 0.15) is 5.75 Å². The van der Waals surface area contributed by atoms with Crippen LogP contribution in [0.15, 0.2) is 79.1 Å². The van der Waals surface area contributed by atoms with Gasteiger partial charge in [0.15, 0.2) is 0 Å². The third-order valence-corrected chi connectivity index (χ3v) is 4.38. The van der Waals surface area contributed by atoms with Crippen LogP contribution in [0.3, 0.4) is 0 Å². The van der Waals surface area contributed by atoms with Crippen molar-refractivity contribution in [3.05, 3.63) is 95.8 Å². The van der Waals surface area contributed by atoms with Crippen molar-refractivity contribution in [1.29, 1.82) is 0 Å². The summed E-state index contributed by atoms with van der Waals surface area (Å²) in [7, 11) is 0. The number of hydrogen-bond acceptors (Lipinski definition) is 2. The Bertz CT molecular complexity index is 722. The molecule has 1 aromatic heterocycles. The molecule has 0 unspecified atom stereocenters. The van der Waals surface area contributed by atoms with Gasteiger partial charge in [-0.25, -0.2) is 0 Å². The molecule has 0 saturated carbocycles. The normalized spacial score (nSPS) is 9.19. The lowest BCUT2D eigenvalue weighted by atomic mass is 10.0. The molecule has 3 rings (SSSR count). The molecule has 0 amide bonds. The maximum absolute atomic E-state index is 9.28. The lowest BCUT2D eigenvalue weighted by Gasteiger charge is -2.05. The summed E-state index contributed by atoms with van der Waals surface area (Å²) in [5.74, 6) is 2.06. The maximum atomic E-state index is 9.28. The minimum atomic E-state index is 0. The summed E-state index contributed by atoms with van der Waals surface area (Å²) in [4.78, 5) is 4.01. The van der Waals surface area contributed by atoms with Crippen molar-refractivity contribution in [2.45, 2.75) is 81.6 Å². The predicted molar refractivity (Wildman–Crippen MR) is 141 cm³/mol. The van der Waals surface area contributed by atoms with Gasteiger partial charge in [0.05, 0.1) is 0 Å². The first-order valence-corrected chi connectivity index (χ1v) is 10.1. The molecule has 31 heavy (non-hydrogen) atoms. The number of para-hydroxylation sites is 1. The Balaban J connectivity index is -0.000000362. The van der Waals surface area contributed by atoms with Crippen LogP contribution in [0, 0.1) is 0 Å². The summed E-state index contributed by atoms with van der Waals surface area (Å²) in [5.41, 5.74) is 3.73. The number of hydrogen-bond donors (Lipinski definition) is 1. The molecule has 1 N–H and O–H groups in total. The number of phenols is 1. The largest absolute Gasteiger partial charge is 0.508 e. The van der Waals surface area contributed by atoms with Gasteiger partial charge in [-0.3, -0.25) is 4.98 Å². The highest BCUT2D eigenvalue weighted by molar-refractivity contribution is 5.33. The molecule has 0 fully saturated rings. The molecule has 2 heteroatoms. The Kier molecular flexibility index (Phi) is 19.4. The molecule has 0 spiro atoms. The van der Waals surface area contributed by atoms with Crippen LogP contribution in [0.5, 0.6) is 5.75 Å². The van der Waals surface area contributed by atoms with Gasteiger partial charge in [0.2, 0.25) is 0 Å². The fourth-order valence-electron chi connectivity index (χ4n) is 2.53. The van der Waals surface area contributed by atoms with E-state index < -0.39 is 0 Å². The van der Waals surface area contributed by atoms with E-state index in [0.29, 0.717) is 23.5 Å². The molecule has 0 aliphatic carbocycles. The predicted octanol–water partition coefficient (Wildman–Crippen LogP) is 9.44. The molecular formula is C29H47NO. The summed E-state index contributed by atoms with van der Waals surface area (Å²) in [6.07, 6.45) is 3.70. The third kappa shape index (κ3) is 13.3. The zero-order chi connectivity index (χ0) is 20.9. The van der Waals surface area contributed by atoms with Crippen LogP contribution in [-0.4, -0.2) is 10.1 Å². The van der Waals surface area contributed by atoms with Gasteiger partial charge >= 0.3 is 0 Å². The van der Waals surface area contributed by atoms with Crippen molar-refractivity contribution in [3.63, 3.8) is 0 Å². The van der Waals surface area contributed by atoms with Crippen molar-refractivity contribution in [1.82, 2.24) is 4.98 Å². The van der Waals surface area contributed by atoms with Crippen LogP contribution in [0.1, 0.15) is 98.3 Å². The van der Waals surface area contributed by atoms with Crippen LogP contribution >= 0.6 is 0 Å². The Hall–Kier alpha value is -2.61. The molecule has 2 nitrogen and oxygen atoms in total. The molecule has 3 aromatic rings. The van der Waals surface area contributed by atoms with Crippen molar-refractivity contribution < 1.29 is 5.11 Å². The van der Waals surface area contributed by atoms with Gasteiger partial charge in [-0.2, -0.15) is 0 Å². The Morgan fingerprint density at radius 1 is 0.581 bits per heavy atom. The topological polar surface area (TPSA) is 33.1 Å². The second-order valence-electron chi connectivity index (χ2n) is 7.72. The second-order valence-corrected chi connectivity index (χ2v) is 7.72. The maximum Gasteiger partial charge on any atom is 0.119 e. The first-order chi connectivity index (χ1) is 13.3. The number of nitrogens with zero attached hydrogens (tertiary/aromatic N) is 1. The quantitative estimate of drug-likeness (QED) is 0.453. The van der Waals surface area contributed by atoms with E-state index in [1.807, 2.05) is 36.5 Å². The van der Waals surface area contributed by atoms with E-state index in [4.69, 9.17) is 0 Å². The molecule has 0 aliphatic rings. The van der Waals surface area contributed by atoms with E-state index in [9.17, 15) is 5.11 Å². The number of pyridine rings is 1. The second kappa shape index (κ2) is 18.2. The average Bonchev–Trinajstić information content (AvgIpc) is 2.70. The zero-order valence-electron chi connectivity index (χ0n) is 18.1. The van der Waals surface area contributed by atoms with E-state index in [2.05, 4.69) is 76.9 Å². The lowest BCUT2D eigenvalue weighted by molar-refractivity contribution is 0.465. The number of phenolic OH excluding ortho intramolecular Hbond substituents is 1. The summed E-state index contributed by atoms with van der Waals surface area (Å²) < 4.78 is 0. The summed E-state index contributed by atoms with van der Waals surface area (Å²) >= 11 is 0. The van der Waals surface area contributed by atoms with E-state index in [0.717, 1.165) is 5.56 Å². The summed E-state index contributed by atoms with van der Waals surface area (Å²) in [6.45, 7) is 12.9. The fourth-order valence-corrected chi connectivity index (χ4v) is 2.53. The van der Waals surface area contributed by atoms with Gasteiger partial charge in [-0.15, -0.1) is 0 Å². The monoisotopic (exact) mass is 425 g/mol. The number of aromatic nitrogens is 1.